The number of imidazole rings is 1. The first kappa shape index (κ1) is 33.9. The number of pyridine rings is 1. The first-order valence-corrected chi connectivity index (χ1v) is 18.4. The highest BCUT2D eigenvalue weighted by Crippen LogP contribution is 2.52. The summed E-state index contributed by atoms with van der Waals surface area (Å²) in [4.78, 5) is 24.8. The maximum absolute atomic E-state index is 17.5. The lowest BCUT2D eigenvalue weighted by Crippen LogP contribution is -2.44. The topological polar surface area (TPSA) is 120 Å². The Hall–Kier alpha value is -4.60. The van der Waals surface area contributed by atoms with Crippen LogP contribution in [0.2, 0.25) is 0 Å². The van der Waals surface area contributed by atoms with Gasteiger partial charge in [-0.3, -0.25) is 4.21 Å². The number of nitrogens with zero attached hydrogens (tertiary/aromatic N) is 5. The third-order valence-corrected chi connectivity index (χ3v) is 10.5. The number of nitriles is 1. The molecule has 0 radical (unpaired) electrons. The molecule has 1 aliphatic carbocycles. The van der Waals surface area contributed by atoms with E-state index in [1.54, 1.807) is 11.0 Å². The monoisotopic (exact) mass is 697 g/mol. The molecule has 0 spiro atoms. The standard InChI is InChI=1S/C38H40FN5O5S/c1-7-29-41-33-35(44(29)34-23-17-28(34)43(19-23)37(45)49-38(2,3)4)27-16-22(12-10-14-40)30(31(39)32(27)42-36(33)50(6)46)26-18-24(48-20-47-5)15-21-11-8-9-13-25(21)26/h8-9,11,13,15-16,18,23,28,34H,7,10,12,17,19-20H2,1-6H3. The molecular weight excluding hydrogens is 658 g/mol. The van der Waals surface area contributed by atoms with Gasteiger partial charge in [0.25, 0.3) is 0 Å². The quantitative estimate of drug-likeness (QED) is 0.146. The Labute approximate surface area is 292 Å². The lowest BCUT2D eigenvalue weighted by atomic mass is 9.79. The number of halogens is 1. The number of ether oxygens (including phenoxy) is 3. The number of aryl methyl sites for hydroxylation is 2. The second kappa shape index (κ2) is 12.9. The first-order chi connectivity index (χ1) is 23.9. The van der Waals surface area contributed by atoms with Crippen molar-refractivity contribution in [1.29, 1.82) is 5.26 Å². The molecule has 4 heterocycles. The van der Waals surface area contributed by atoms with Gasteiger partial charge in [-0.25, -0.2) is 19.2 Å². The van der Waals surface area contributed by atoms with E-state index >= 15 is 4.39 Å². The minimum absolute atomic E-state index is 0.0166. The molecule has 260 valence electrons. The summed E-state index contributed by atoms with van der Waals surface area (Å²) in [6.45, 7) is 8.12. The van der Waals surface area contributed by atoms with Crippen molar-refractivity contribution < 1.29 is 27.6 Å². The molecule has 1 saturated carbocycles. The summed E-state index contributed by atoms with van der Waals surface area (Å²) in [5.74, 6) is 0.836. The van der Waals surface area contributed by atoms with Gasteiger partial charge in [0, 0.05) is 49.6 Å². The van der Waals surface area contributed by atoms with E-state index in [4.69, 9.17) is 24.2 Å². The highest BCUT2D eigenvalue weighted by atomic mass is 32.2. The van der Waals surface area contributed by atoms with Crippen LogP contribution in [0.3, 0.4) is 0 Å². The Bertz CT molecular complexity index is 2240. The SMILES string of the molecule is CCc1nc2c(S(C)=O)nc3c(F)c(-c4cc(OCOC)cc5ccccc45)c(CCC#N)cc3c2n1C1C2CC1N(C(=O)OC(C)(C)C)C2. The number of amides is 1. The first-order valence-electron chi connectivity index (χ1n) is 16.9. The van der Waals surface area contributed by atoms with Crippen molar-refractivity contribution in [3.63, 3.8) is 0 Å². The van der Waals surface area contributed by atoms with Crippen LogP contribution in [-0.2, 0) is 33.1 Å². The van der Waals surface area contributed by atoms with Gasteiger partial charge in [-0.05, 0) is 73.7 Å². The largest absolute Gasteiger partial charge is 0.468 e. The summed E-state index contributed by atoms with van der Waals surface area (Å²) < 4.78 is 49.7. The van der Waals surface area contributed by atoms with Crippen molar-refractivity contribution in [2.24, 2.45) is 5.92 Å². The Morgan fingerprint density at radius 2 is 1.92 bits per heavy atom. The molecule has 8 rings (SSSR count). The Morgan fingerprint density at radius 1 is 1.14 bits per heavy atom. The summed E-state index contributed by atoms with van der Waals surface area (Å²) >= 11 is 0. The number of fused-ring (bicyclic) bond motifs is 5. The normalized spacial score (nSPS) is 19.2. The van der Waals surface area contributed by atoms with E-state index in [1.165, 1.54) is 13.4 Å². The fourth-order valence-corrected chi connectivity index (χ4v) is 8.31. The van der Waals surface area contributed by atoms with E-state index in [9.17, 15) is 14.3 Å². The zero-order valence-corrected chi connectivity index (χ0v) is 29.9. The van der Waals surface area contributed by atoms with Gasteiger partial charge in [0.2, 0.25) is 0 Å². The summed E-state index contributed by atoms with van der Waals surface area (Å²) in [7, 11) is -0.0625. The summed E-state index contributed by atoms with van der Waals surface area (Å²) in [5, 5.41) is 12.1. The maximum Gasteiger partial charge on any atom is 0.410 e. The Morgan fingerprint density at radius 3 is 2.62 bits per heavy atom. The van der Waals surface area contributed by atoms with Gasteiger partial charge in [-0.2, -0.15) is 5.26 Å². The molecule has 2 saturated heterocycles. The van der Waals surface area contributed by atoms with Crippen molar-refractivity contribution in [2.75, 3.05) is 26.7 Å². The summed E-state index contributed by atoms with van der Waals surface area (Å²) in [6.07, 6.45) is 3.02. The van der Waals surface area contributed by atoms with E-state index in [-0.39, 0.29) is 54.3 Å². The Balaban J connectivity index is 1.50. The third-order valence-electron chi connectivity index (χ3n) is 9.70. The molecule has 3 fully saturated rings. The molecule has 50 heavy (non-hydrogen) atoms. The Kier molecular flexibility index (Phi) is 8.77. The van der Waals surface area contributed by atoms with Crippen molar-refractivity contribution in [2.45, 2.75) is 76.1 Å². The lowest BCUT2D eigenvalue weighted by molar-refractivity contribution is 0.0209. The van der Waals surface area contributed by atoms with E-state index < -0.39 is 22.2 Å². The van der Waals surface area contributed by atoms with Crippen LogP contribution in [0.15, 0.2) is 47.5 Å². The van der Waals surface area contributed by atoms with Crippen LogP contribution in [0.5, 0.6) is 5.75 Å². The average Bonchev–Trinajstić information content (AvgIpc) is 3.78. The van der Waals surface area contributed by atoms with Gasteiger partial charge in [0.15, 0.2) is 17.6 Å². The number of aromatic nitrogens is 3. The number of methoxy groups -OCH3 is 1. The van der Waals surface area contributed by atoms with Crippen molar-refractivity contribution in [1.82, 2.24) is 19.4 Å². The molecule has 3 aliphatic rings. The average molecular weight is 698 g/mol. The summed E-state index contributed by atoms with van der Waals surface area (Å²) in [6, 6.07) is 15.2. The highest BCUT2D eigenvalue weighted by molar-refractivity contribution is 7.84. The molecule has 10 nitrogen and oxygen atoms in total. The number of rotatable bonds is 9. The molecule has 1 amide bonds. The van der Waals surface area contributed by atoms with E-state index in [2.05, 4.69) is 10.6 Å². The zero-order valence-electron chi connectivity index (χ0n) is 29.1. The van der Waals surface area contributed by atoms with Crippen LogP contribution >= 0.6 is 0 Å². The van der Waals surface area contributed by atoms with Crippen LogP contribution in [-0.4, -0.2) is 68.1 Å². The number of hydrogen-bond donors (Lipinski definition) is 0. The molecule has 3 aromatic carbocycles. The highest BCUT2D eigenvalue weighted by Gasteiger charge is 2.56. The fraction of sp³-hybridized carbons (Fsp3) is 0.421. The molecule has 4 atom stereocenters. The zero-order chi connectivity index (χ0) is 35.5. The maximum atomic E-state index is 17.5. The second-order valence-corrected chi connectivity index (χ2v) is 15.3. The minimum atomic E-state index is -1.60. The predicted molar refractivity (Wildman–Crippen MR) is 190 cm³/mol. The van der Waals surface area contributed by atoms with Gasteiger partial charge in [-0.15, -0.1) is 0 Å². The smallest absolute Gasteiger partial charge is 0.410 e. The third kappa shape index (κ3) is 5.66. The lowest BCUT2D eigenvalue weighted by Gasteiger charge is -2.39. The number of carbonyl (C=O) groups is 1. The molecular formula is C38H40FN5O5S. The van der Waals surface area contributed by atoms with E-state index in [0.29, 0.717) is 51.8 Å². The van der Waals surface area contributed by atoms with Gasteiger partial charge >= 0.3 is 6.09 Å². The van der Waals surface area contributed by atoms with Crippen molar-refractivity contribution in [3.05, 3.63) is 59.7 Å². The molecule has 2 aliphatic heterocycles. The van der Waals surface area contributed by atoms with Crippen molar-refractivity contribution >= 4 is 49.6 Å². The van der Waals surface area contributed by atoms with Crippen molar-refractivity contribution in [3.8, 4) is 22.9 Å². The van der Waals surface area contributed by atoms with Crippen LogP contribution in [0.25, 0.3) is 43.8 Å². The molecule has 5 aromatic rings. The molecule has 2 aromatic heterocycles. The van der Waals surface area contributed by atoms with Crippen LogP contribution in [0.4, 0.5) is 9.18 Å². The number of carbonyl (C=O) groups excluding carboxylic acids is 1. The molecule has 2 bridgehead atoms. The van der Waals surface area contributed by atoms with E-state index in [0.717, 1.165) is 23.0 Å². The molecule has 12 heteroatoms. The van der Waals surface area contributed by atoms with Gasteiger partial charge < -0.3 is 23.7 Å². The van der Waals surface area contributed by atoms with Crippen LogP contribution < -0.4 is 4.74 Å². The summed E-state index contributed by atoms with van der Waals surface area (Å²) in [5.41, 5.74) is 2.09. The number of hydrogen-bond acceptors (Lipinski definition) is 8. The van der Waals surface area contributed by atoms with Gasteiger partial charge in [0.1, 0.15) is 28.2 Å². The van der Waals surface area contributed by atoms with Crippen LogP contribution in [0.1, 0.15) is 58.0 Å². The van der Waals surface area contributed by atoms with Crippen LogP contribution in [0, 0.1) is 23.1 Å². The van der Waals surface area contributed by atoms with E-state index in [1.807, 2.05) is 64.1 Å². The molecule has 0 N–H and O–H groups in total. The predicted octanol–water partition coefficient (Wildman–Crippen LogP) is 7.46. The fourth-order valence-electron chi connectivity index (χ4n) is 7.68. The number of benzene rings is 3. The molecule has 4 unspecified atom stereocenters. The second-order valence-electron chi connectivity index (χ2n) is 14.0. The minimum Gasteiger partial charge on any atom is -0.468 e. The van der Waals surface area contributed by atoms with Gasteiger partial charge in [-0.1, -0.05) is 31.2 Å². The van der Waals surface area contributed by atoms with Gasteiger partial charge in [0.05, 0.1) is 34.5 Å².